The van der Waals surface area contributed by atoms with Gasteiger partial charge in [0.05, 0.1) is 35.8 Å². The molecule has 0 spiro atoms. The lowest BCUT2D eigenvalue weighted by molar-refractivity contribution is 0.0463. The van der Waals surface area contributed by atoms with Gasteiger partial charge in [-0.1, -0.05) is 6.92 Å². The highest BCUT2D eigenvalue weighted by Gasteiger charge is 2.21. The maximum Gasteiger partial charge on any atom is 0.0862 e. The smallest absolute Gasteiger partial charge is 0.0862 e. The van der Waals surface area contributed by atoms with Crippen molar-refractivity contribution in [3.8, 4) is 0 Å². The predicted octanol–water partition coefficient (Wildman–Crippen LogP) is 0.944. The summed E-state index contributed by atoms with van der Waals surface area (Å²) in [4.78, 5) is 2.25. The third-order valence-electron chi connectivity index (χ3n) is 4.22. The van der Waals surface area contributed by atoms with E-state index in [1.807, 2.05) is 13.8 Å². The minimum atomic E-state index is -0.455. The lowest BCUT2D eigenvalue weighted by Gasteiger charge is -2.26. The Balaban J connectivity index is 1.86. The Morgan fingerprint density at radius 1 is 1.52 bits per heavy atom. The van der Waals surface area contributed by atoms with Crippen molar-refractivity contribution in [2.24, 2.45) is 0 Å². The van der Waals surface area contributed by atoms with Crippen LogP contribution in [0.3, 0.4) is 0 Å². The molecule has 1 aliphatic rings. The molecular weight excluding hydrogens is 268 g/mol. The number of hydrogen-bond acceptors (Lipinski definition) is 5. The molecule has 0 bridgehead atoms. The molecular formula is C15H28N4O2. The number of ether oxygens (including phenoxy) is 1. The Labute approximate surface area is 126 Å². The van der Waals surface area contributed by atoms with Gasteiger partial charge in [-0.3, -0.25) is 9.58 Å². The maximum atomic E-state index is 10.3. The summed E-state index contributed by atoms with van der Waals surface area (Å²) < 4.78 is 7.47. The molecule has 1 aromatic rings. The molecule has 2 rings (SSSR count). The molecule has 3 N–H and O–H groups in total. The van der Waals surface area contributed by atoms with Gasteiger partial charge in [0.25, 0.3) is 0 Å². The SMILES string of the molecule is CCN(CC(O)Cn1nc(C)c(N)c1C)CC1CCCO1. The molecule has 0 aliphatic carbocycles. The normalized spacial score (nSPS) is 20.3. The number of aliphatic hydroxyl groups excluding tert-OH is 1. The van der Waals surface area contributed by atoms with Crippen LogP contribution in [0.1, 0.15) is 31.2 Å². The predicted molar refractivity (Wildman–Crippen MR) is 83.2 cm³/mol. The van der Waals surface area contributed by atoms with E-state index in [-0.39, 0.29) is 0 Å². The highest BCUT2D eigenvalue weighted by molar-refractivity contribution is 5.46. The monoisotopic (exact) mass is 296 g/mol. The van der Waals surface area contributed by atoms with Gasteiger partial charge in [-0.2, -0.15) is 5.10 Å². The second-order valence-electron chi connectivity index (χ2n) is 5.91. The average Bonchev–Trinajstić information content (AvgIpc) is 3.03. The Bertz CT molecular complexity index is 455. The van der Waals surface area contributed by atoms with Gasteiger partial charge in [-0.05, 0) is 33.2 Å². The first kappa shape index (κ1) is 16.3. The van der Waals surface area contributed by atoms with Gasteiger partial charge < -0.3 is 15.6 Å². The lowest BCUT2D eigenvalue weighted by atomic mass is 10.2. The highest BCUT2D eigenvalue weighted by atomic mass is 16.5. The summed E-state index contributed by atoms with van der Waals surface area (Å²) in [5.41, 5.74) is 8.39. The summed E-state index contributed by atoms with van der Waals surface area (Å²) in [6.45, 7) is 9.73. The Morgan fingerprint density at radius 3 is 2.81 bits per heavy atom. The van der Waals surface area contributed by atoms with Crippen LogP contribution >= 0.6 is 0 Å². The summed E-state index contributed by atoms with van der Waals surface area (Å²) in [5, 5.41) is 14.7. The van der Waals surface area contributed by atoms with Gasteiger partial charge in [0.15, 0.2) is 0 Å². The van der Waals surface area contributed by atoms with Gasteiger partial charge in [0, 0.05) is 19.7 Å². The van der Waals surface area contributed by atoms with Gasteiger partial charge in [0.2, 0.25) is 0 Å². The summed E-state index contributed by atoms with van der Waals surface area (Å²) >= 11 is 0. The summed E-state index contributed by atoms with van der Waals surface area (Å²) in [6.07, 6.45) is 2.14. The van der Waals surface area contributed by atoms with E-state index in [9.17, 15) is 5.11 Å². The van der Waals surface area contributed by atoms with Crippen molar-refractivity contribution in [1.82, 2.24) is 14.7 Å². The maximum absolute atomic E-state index is 10.3. The standard InChI is InChI=1S/C15H28N4O2/c1-4-18(10-14-6-5-7-21-14)8-13(20)9-19-12(3)15(16)11(2)17-19/h13-14,20H,4-10,16H2,1-3H3. The van der Waals surface area contributed by atoms with E-state index in [0.717, 1.165) is 43.9 Å². The molecule has 120 valence electrons. The van der Waals surface area contributed by atoms with Crippen LogP contribution in [0, 0.1) is 13.8 Å². The summed E-state index contributed by atoms with van der Waals surface area (Å²) in [7, 11) is 0. The van der Waals surface area contributed by atoms with E-state index in [0.29, 0.717) is 24.9 Å². The van der Waals surface area contributed by atoms with E-state index in [1.165, 1.54) is 0 Å². The number of likely N-dealkylation sites (N-methyl/N-ethyl adjacent to an activating group) is 1. The first-order valence-electron chi connectivity index (χ1n) is 7.82. The number of rotatable bonds is 7. The quantitative estimate of drug-likeness (QED) is 0.783. The molecule has 0 amide bonds. The Morgan fingerprint density at radius 2 is 2.29 bits per heavy atom. The topological polar surface area (TPSA) is 76.5 Å². The fraction of sp³-hybridized carbons (Fsp3) is 0.800. The van der Waals surface area contributed by atoms with Gasteiger partial charge in [0.1, 0.15) is 0 Å². The van der Waals surface area contributed by atoms with Crippen molar-refractivity contribution < 1.29 is 9.84 Å². The van der Waals surface area contributed by atoms with Crippen molar-refractivity contribution in [1.29, 1.82) is 0 Å². The van der Waals surface area contributed by atoms with Crippen LogP contribution in [-0.2, 0) is 11.3 Å². The molecule has 21 heavy (non-hydrogen) atoms. The molecule has 6 heteroatoms. The third-order valence-corrected chi connectivity index (χ3v) is 4.22. The summed E-state index contributed by atoms with van der Waals surface area (Å²) in [5.74, 6) is 0. The van der Waals surface area contributed by atoms with E-state index in [1.54, 1.807) is 4.68 Å². The number of nitrogens with zero attached hydrogens (tertiary/aromatic N) is 3. The average molecular weight is 296 g/mol. The van der Waals surface area contributed by atoms with Crippen LogP contribution in [0.2, 0.25) is 0 Å². The van der Waals surface area contributed by atoms with Crippen LogP contribution in [-0.4, -0.2) is 58.2 Å². The van der Waals surface area contributed by atoms with Crippen molar-refractivity contribution in [2.75, 3.05) is 32.0 Å². The second kappa shape index (κ2) is 7.24. The number of aryl methyl sites for hydroxylation is 1. The van der Waals surface area contributed by atoms with Crippen LogP contribution < -0.4 is 5.73 Å². The van der Waals surface area contributed by atoms with E-state index in [4.69, 9.17) is 10.5 Å². The zero-order chi connectivity index (χ0) is 15.4. The number of hydrogen-bond donors (Lipinski definition) is 2. The van der Waals surface area contributed by atoms with Crippen LogP contribution in [0.15, 0.2) is 0 Å². The van der Waals surface area contributed by atoms with Crippen molar-refractivity contribution in [3.05, 3.63) is 11.4 Å². The lowest BCUT2D eigenvalue weighted by Crippen LogP contribution is -2.39. The second-order valence-corrected chi connectivity index (χ2v) is 5.91. The molecule has 1 fully saturated rings. The number of anilines is 1. The zero-order valence-corrected chi connectivity index (χ0v) is 13.4. The molecule has 0 saturated carbocycles. The van der Waals surface area contributed by atoms with E-state index >= 15 is 0 Å². The fourth-order valence-corrected chi connectivity index (χ4v) is 2.85. The largest absolute Gasteiger partial charge is 0.396 e. The van der Waals surface area contributed by atoms with Crippen LogP contribution in [0.5, 0.6) is 0 Å². The first-order chi connectivity index (χ1) is 10.0. The number of aliphatic hydroxyl groups is 1. The third kappa shape index (κ3) is 4.18. The first-order valence-corrected chi connectivity index (χ1v) is 7.82. The van der Waals surface area contributed by atoms with Crippen molar-refractivity contribution in [2.45, 2.75) is 52.4 Å². The summed E-state index contributed by atoms with van der Waals surface area (Å²) in [6, 6.07) is 0. The van der Waals surface area contributed by atoms with Gasteiger partial charge in [-0.25, -0.2) is 0 Å². The molecule has 1 aliphatic heterocycles. The van der Waals surface area contributed by atoms with Gasteiger partial charge >= 0.3 is 0 Å². The van der Waals surface area contributed by atoms with E-state index < -0.39 is 6.10 Å². The van der Waals surface area contributed by atoms with Crippen molar-refractivity contribution in [3.63, 3.8) is 0 Å². The number of nitrogens with two attached hydrogens (primary N) is 1. The molecule has 2 unspecified atom stereocenters. The Kier molecular flexibility index (Phi) is 5.61. The fourth-order valence-electron chi connectivity index (χ4n) is 2.85. The molecule has 2 atom stereocenters. The molecule has 2 heterocycles. The minimum absolute atomic E-state index is 0.321. The molecule has 1 aromatic heterocycles. The molecule has 6 nitrogen and oxygen atoms in total. The van der Waals surface area contributed by atoms with E-state index in [2.05, 4.69) is 16.9 Å². The highest BCUT2D eigenvalue weighted by Crippen LogP contribution is 2.16. The van der Waals surface area contributed by atoms with Crippen molar-refractivity contribution >= 4 is 5.69 Å². The zero-order valence-electron chi connectivity index (χ0n) is 13.4. The van der Waals surface area contributed by atoms with Crippen LogP contribution in [0.4, 0.5) is 5.69 Å². The Hall–Kier alpha value is -1.11. The molecule has 0 aromatic carbocycles. The minimum Gasteiger partial charge on any atom is -0.396 e. The molecule has 1 saturated heterocycles. The number of aromatic nitrogens is 2. The van der Waals surface area contributed by atoms with Crippen LogP contribution in [0.25, 0.3) is 0 Å². The number of nitrogen functional groups attached to an aromatic ring is 1. The molecule has 0 radical (unpaired) electrons. The van der Waals surface area contributed by atoms with Gasteiger partial charge in [-0.15, -0.1) is 0 Å².